The van der Waals surface area contributed by atoms with Gasteiger partial charge in [0.15, 0.2) is 0 Å². The van der Waals surface area contributed by atoms with Crippen molar-refractivity contribution >= 4 is 17.7 Å². The molecule has 0 aliphatic carbocycles. The topological polar surface area (TPSA) is 98.3 Å². The molecule has 0 saturated heterocycles. The van der Waals surface area contributed by atoms with E-state index in [1.165, 1.54) is 24.3 Å². The first kappa shape index (κ1) is 12.9. The Morgan fingerprint density at radius 1 is 1.53 bits per heavy atom. The second kappa shape index (κ2) is 6.39. The van der Waals surface area contributed by atoms with Gasteiger partial charge in [0.05, 0.1) is 4.92 Å². The lowest BCUT2D eigenvalue weighted by atomic mass is 10.2. The molecule has 1 aromatic carbocycles. The van der Waals surface area contributed by atoms with Gasteiger partial charge in [-0.1, -0.05) is 12.1 Å². The van der Waals surface area contributed by atoms with E-state index in [9.17, 15) is 14.9 Å². The summed E-state index contributed by atoms with van der Waals surface area (Å²) in [5.74, 6) is -0.276. The highest BCUT2D eigenvalue weighted by atomic mass is 16.6. The summed E-state index contributed by atoms with van der Waals surface area (Å²) in [5.41, 5.74) is 5.82. The minimum atomic E-state index is -0.480. The van der Waals surface area contributed by atoms with Crippen molar-refractivity contribution in [3.05, 3.63) is 46.0 Å². The van der Waals surface area contributed by atoms with E-state index in [2.05, 4.69) is 5.32 Å². The first-order chi connectivity index (χ1) is 8.13. The molecule has 90 valence electrons. The molecule has 0 unspecified atom stereocenters. The van der Waals surface area contributed by atoms with Crippen LogP contribution in [0.4, 0.5) is 5.69 Å². The third-order valence-corrected chi connectivity index (χ3v) is 1.95. The number of benzene rings is 1. The van der Waals surface area contributed by atoms with E-state index in [4.69, 9.17) is 5.73 Å². The fraction of sp³-hybridized carbons (Fsp3) is 0.182. The van der Waals surface area contributed by atoms with Crippen LogP contribution in [-0.2, 0) is 4.79 Å². The number of hydrogen-bond donors (Lipinski definition) is 2. The zero-order valence-electron chi connectivity index (χ0n) is 9.13. The molecule has 3 N–H and O–H groups in total. The van der Waals surface area contributed by atoms with Gasteiger partial charge in [0, 0.05) is 31.3 Å². The fourth-order valence-corrected chi connectivity index (χ4v) is 1.17. The standard InChI is InChI=1S/C11H13N3O3/c12-6-7-13-11(15)5-4-9-2-1-3-10(8-9)14(16)17/h1-5,8H,6-7,12H2,(H,13,15)/b5-4+. The van der Waals surface area contributed by atoms with Gasteiger partial charge in [0.25, 0.3) is 5.69 Å². The van der Waals surface area contributed by atoms with E-state index < -0.39 is 4.92 Å². The van der Waals surface area contributed by atoms with Gasteiger partial charge in [-0.15, -0.1) is 0 Å². The Morgan fingerprint density at radius 2 is 2.29 bits per heavy atom. The maximum Gasteiger partial charge on any atom is 0.270 e. The lowest BCUT2D eigenvalue weighted by Crippen LogP contribution is -2.27. The number of nitrogens with zero attached hydrogens (tertiary/aromatic N) is 1. The van der Waals surface area contributed by atoms with Crippen molar-refractivity contribution in [1.29, 1.82) is 0 Å². The molecule has 17 heavy (non-hydrogen) atoms. The predicted octanol–water partition coefficient (Wildman–Crippen LogP) is 0.683. The Kier molecular flexibility index (Phi) is 4.83. The molecule has 6 heteroatoms. The van der Waals surface area contributed by atoms with Crippen LogP contribution in [0.25, 0.3) is 6.08 Å². The molecule has 0 atom stereocenters. The minimum Gasteiger partial charge on any atom is -0.351 e. The van der Waals surface area contributed by atoms with Crippen LogP contribution >= 0.6 is 0 Å². The van der Waals surface area contributed by atoms with Crippen molar-refractivity contribution in [2.45, 2.75) is 0 Å². The summed E-state index contributed by atoms with van der Waals surface area (Å²) < 4.78 is 0. The number of nitro groups is 1. The molecular formula is C11H13N3O3. The number of non-ortho nitro benzene ring substituents is 1. The number of hydrogen-bond acceptors (Lipinski definition) is 4. The molecule has 0 radical (unpaired) electrons. The van der Waals surface area contributed by atoms with E-state index in [0.717, 1.165) is 0 Å². The van der Waals surface area contributed by atoms with E-state index in [1.54, 1.807) is 12.1 Å². The molecular weight excluding hydrogens is 222 g/mol. The Balaban J connectivity index is 2.68. The highest BCUT2D eigenvalue weighted by Crippen LogP contribution is 2.13. The summed E-state index contributed by atoms with van der Waals surface area (Å²) in [6, 6.07) is 6.04. The number of amides is 1. The number of carbonyl (C=O) groups is 1. The van der Waals surface area contributed by atoms with Crippen LogP contribution in [-0.4, -0.2) is 23.9 Å². The maximum atomic E-state index is 11.2. The van der Waals surface area contributed by atoms with Crippen molar-refractivity contribution in [2.75, 3.05) is 13.1 Å². The third kappa shape index (κ3) is 4.43. The largest absolute Gasteiger partial charge is 0.351 e. The summed E-state index contributed by atoms with van der Waals surface area (Å²) in [6.45, 7) is 0.772. The van der Waals surface area contributed by atoms with Crippen LogP contribution in [0.3, 0.4) is 0 Å². The van der Waals surface area contributed by atoms with Gasteiger partial charge in [-0.3, -0.25) is 14.9 Å². The van der Waals surface area contributed by atoms with E-state index in [0.29, 0.717) is 18.7 Å². The number of nitro benzene ring substituents is 1. The maximum absolute atomic E-state index is 11.2. The summed E-state index contributed by atoms with van der Waals surface area (Å²) in [7, 11) is 0. The molecule has 0 saturated carbocycles. The van der Waals surface area contributed by atoms with E-state index >= 15 is 0 Å². The Morgan fingerprint density at radius 3 is 2.94 bits per heavy atom. The Labute approximate surface area is 98.3 Å². The monoisotopic (exact) mass is 235 g/mol. The molecule has 6 nitrogen and oxygen atoms in total. The van der Waals surface area contributed by atoms with Gasteiger partial charge in [0.1, 0.15) is 0 Å². The second-order valence-electron chi connectivity index (χ2n) is 3.27. The van der Waals surface area contributed by atoms with Crippen LogP contribution in [0.15, 0.2) is 30.3 Å². The SMILES string of the molecule is NCCNC(=O)/C=C/c1cccc([N+](=O)[O-])c1. The number of nitrogens with two attached hydrogens (primary N) is 1. The van der Waals surface area contributed by atoms with Gasteiger partial charge >= 0.3 is 0 Å². The molecule has 0 fully saturated rings. The summed E-state index contributed by atoms with van der Waals surface area (Å²) >= 11 is 0. The van der Waals surface area contributed by atoms with Gasteiger partial charge in [-0.2, -0.15) is 0 Å². The number of carbonyl (C=O) groups excluding carboxylic acids is 1. The minimum absolute atomic E-state index is 0.00508. The van der Waals surface area contributed by atoms with Crippen LogP contribution in [0.2, 0.25) is 0 Å². The average Bonchev–Trinajstić information content (AvgIpc) is 2.34. The van der Waals surface area contributed by atoms with Crippen molar-refractivity contribution in [3.63, 3.8) is 0 Å². The average molecular weight is 235 g/mol. The molecule has 0 aliphatic heterocycles. The van der Waals surface area contributed by atoms with Crippen LogP contribution in [0.5, 0.6) is 0 Å². The summed E-state index contributed by atoms with van der Waals surface area (Å²) in [6.07, 6.45) is 2.83. The van der Waals surface area contributed by atoms with Crippen molar-refractivity contribution in [1.82, 2.24) is 5.32 Å². The first-order valence-corrected chi connectivity index (χ1v) is 5.04. The lowest BCUT2D eigenvalue weighted by molar-refractivity contribution is -0.384. The Hall–Kier alpha value is -2.21. The fourth-order valence-electron chi connectivity index (χ4n) is 1.17. The van der Waals surface area contributed by atoms with Gasteiger partial charge in [-0.25, -0.2) is 0 Å². The molecule has 0 heterocycles. The van der Waals surface area contributed by atoms with Gasteiger partial charge in [0.2, 0.25) is 5.91 Å². The first-order valence-electron chi connectivity index (χ1n) is 5.04. The number of nitrogens with one attached hydrogen (secondary N) is 1. The summed E-state index contributed by atoms with van der Waals surface area (Å²) in [5, 5.41) is 13.1. The molecule has 0 bridgehead atoms. The zero-order chi connectivity index (χ0) is 12.7. The quantitative estimate of drug-likeness (QED) is 0.445. The van der Waals surface area contributed by atoms with Crippen molar-refractivity contribution < 1.29 is 9.72 Å². The van der Waals surface area contributed by atoms with Crippen LogP contribution in [0, 0.1) is 10.1 Å². The zero-order valence-corrected chi connectivity index (χ0v) is 9.13. The molecule has 0 aliphatic rings. The lowest BCUT2D eigenvalue weighted by Gasteiger charge is -1.97. The smallest absolute Gasteiger partial charge is 0.270 e. The third-order valence-electron chi connectivity index (χ3n) is 1.95. The number of rotatable bonds is 5. The molecule has 0 spiro atoms. The predicted molar refractivity (Wildman–Crippen MR) is 64.2 cm³/mol. The van der Waals surface area contributed by atoms with E-state index in [1.807, 2.05) is 0 Å². The Bertz CT molecular complexity index is 443. The van der Waals surface area contributed by atoms with Gasteiger partial charge in [-0.05, 0) is 11.6 Å². The highest BCUT2D eigenvalue weighted by molar-refractivity contribution is 5.91. The highest BCUT2D eigenvalue weighted by Gasteiger charge is 2.03. The van der Waals surface area contributed by atoms with Crippen molar-refractivity contribution in [3.8, 4) is 0 Å². The molecule has 1 amide bonds. The normalized spacial score (nSPS) is 10.4. The van der Waals surface area contributed by atoms with E-state index in [-0.39, 0.29) is 11.6 Å². The molecule has 1 aromatic rings. The molecule has 0 aromatic heterocycles. The second-order valence-corrected chi connectivity index (χ2v) is 3.27. The van der Waals surface area contributed by atoms with Crippen LogP contribution < -0.4 is 11.1 Å². The van der Waals surface area contributed by atoms with Crippen molar-refractivity contribution in [2.24, 2.45) is 5.73 Å². The summed E-state index contributed by atoms with van der Waals surface area (Å²) in [4.78, 5) is 21.2. The molecule has 1 rings (SSSR count). The van der Waals surface area contributed by atoms with Gasteiger partial charge < -0.3 is 11.1 Å². The van der Waals surface area contributed by atoms with Crippen LogP contribution in [0.1, 0.15) is 5.56 Å².